The first kappa shape index (κ1) is 41.5. The van der Waals surface area contributed by atoms with Gasteiger partial charge in [-0.15, -0.1) is 0 Å². The summed E-state index contributed by atoms with van der Waals surface area (Å²) in [6.07, 6.45) is 3.64. The topological polar surface area (TPSA) is 102 Å². The van der Waals surface area contributed by atoms with Gasteiger partial charge in [0.2, 0.25) is 5.91 Å². The predicted molar refractivity (Wildman–Crippen MR) is 238 cm³/mol. The van der Waals surface area contributed by atoms with Crippen molar-refractivity contribution in [3.05, 3.63) is 131 Å². The number of carbonyl (C=O) groups excluding carboxylic acids is 3. The minimum atomic E-state index is -0.297. The third-order valence-electron chi connectivity index (χ3n) is 12.4. The molecule has 5 aliphatic rings. The molecule has 0 atom stereocenters. The van der Waals surface area contributed by atoms with Crippen LogP contribution in [0.4, 0.5) is 21.0 Å². The van der Waals surface area contributed by atoms with Crippen molar-refractivity contribution in [2.75, 3.05) is 56.7 Å². The standard InChI is InChI=1S/C22H21N3O3.C22H23N3O2.C4H8O.B/c1-23-19-9-5-8-16-17-12-24(22(27)28-14-15-6-3-2-4-7-15)11-10-18(17)25(21(16)19)13-20(23)26;1-23-12-13-25-19-10-11-24(22(26)27-15-16-6-3-2-4-7-16)14-18(19)17-8-5-9-20(23)21(17)25;1-2-4-5-3-1;/h2-9H,10-14H2,1H3;2-9H,10-15H2,1H3;1-4H2;. The van der Waals surface area contributed by atoms with Gasteiger partial charge in [-0.2, -0.15) is 0 Å². The van der Waals surface area contributed by atoms with Gasteiger partial charge < -0.3 is 42.9 Å². The minimum Gasteiger partial charge on any atom is -0.445 e. The second kappa shape index (κ2) is 18.2. The Labute approximate surface area is 358 Å². The zero-order chi connectivity index (χ0) is 41.2. The fourth-order valence-corrected chi connectivity index (χ4v) is 9.16. The molecule has 0 aliphatic carbocycles. The smallest absolute Gasteiger partial charge is 0.410 e. The Morgan fingerprint density at radius 3 is 1.62 bits per heavy atom. The van der Waals surface area contributed by atoms with E-state index in [1.165, 1.54) is 40.7 Å². The average molecular weight is 820 g/mol. The number of anilines is 2. The van der Waals surface area contributed by atoms with Crippen LogP contribution in [0.1, 0.15) is 46.5 Å². The number of rotatable bonds is 4. The van der Waals surface area contributed by atoms with Crippen molar-refractivity contribution in [3.63, 3.8) is 0 Å². The molecule has 0 N–H and O–H groups in total. The highest BCUT2D eigenvalue weighted by molar-refractivity contribution is 6.07. The van der Waals surface area contributed by atoms with Crippen molar-refractivity contribution in [3.8, 4) is 0 Å². The lowest BCUT2D eigenvalue weighted by atomic mass is 10.0. The number of hydrogen-bond donors (Lipinski definition) is 0. The maximum absolute atomic E-state index is 12.6. The van der Waals surface area contributed by atoms with Crippen molar-refractivity contribution in [1.29, 1.82) is 0 Å². The van der Waals surface area contributed by atoms with Crippen LogP contribution >= 0.6 is 0 Å². The largest absolute Gasteiger partial charge is 0.445 e. The van der Waals surface area contributed by atoms with E-state index in [1.807, 2.05) is 84.7 Å². The van der Waals surface area contributed by atoms with E-state index in [4.69, 9.17) is 14.2 Å². The first-order valence-corrected chi connectivity index (χ1v) is 21.1. The van der Waals surface area contributed by atoms with E-state index in [0.717, 1.165) is 78.1 Å². The van der Waals surface area contributed by atoms with E-state index < -0.39 is 0 Å². The van der Waals surface area contributed by atoms with E-state index in [2.05, 4.69) is 45.3 Å². The van der Waals surface area contributed by atoms with Crippen LogP contribution in [0.3, 0.4) is 0 Å². The highest BCUT2D eigenvalue weighted by atomic mass is 16.6. The lowest BCUT2D eigenvalue weighted by Gasteiger charge is -2.29. The minimum absolute atomic E-state index is 0. The molecule has 12 nitrogen and oxygen atoms in total. The quantitative estimate of drug-likeness (QED) is 0.170. The van der Waals surface area contributed by atoms with Crippen molar-refractivity contribution in [1.82, 2.24) is 18.9 Å². The second-order valence-corrected chi connectivity index (χ2v) is 16.1. The van der Waals surface area contributed by atoms with E-state index in [-0.39, 0.29) is 33.1 Å². The summed E-state index contributed by atoms with van der Waals surface area (Å²) in [5.74, 6) is 0.0862. The number of aromatic nitrogens is 2. The van der Waals surface area contributed by atoms with Gasteiger partial charge in [0.1, 0.15) is 19.8 Å². The molecule has 2 aromatic heterocycles. The van der Waals surface area contributed by atoms with Crippen LogP contribution in [0.25, 0.3) is 21.8 Å². The summed E-state index contributed by atoms with van der Waals surface area (Å²) in [4.78, 5) is 45.3. The lowest BCUT2D eigenvalue weighted by molar-refractivity contribution is -0.119. The Morgan fingerprint density at radius 2 is 1.10 bits per heavy atom. The fourth-order valence-electron chi connectivity index (χ4n) is 9.16. The van der Waals surface area contributed by atoms with Crippen LogP contribution in [-0.4, -0.2) is 92.4 Å². The van der Waals surface area contributed by atoms with Gasteiger partial charge >= 0.3 is 12.2 Å². The zero-order valence-corrected chi connectivity index (χ0v) is 35.1. The molecule has 0 unspecified atom stereocenters. The zero-order valence-electron chi connectivity index (χ0n) is 35.1. The van der Waals surface area contributed by atoms with Crippen LogP contribution in [-0.2, 0) is 71.2 Å². The molecule has 0 saturated carbocycles. The van der Waals surface area contributed by atoms with Gasteiger partial charge in [-0.3, -0.25) is 4.79 Å². The normalized spacial score (nSPS) is 16.1. The maximum Gasteiger partial charge on any atom is 0.410 e. The Balaban J connectivity index is 0.000000149. The molecule has 3 amide bonds. The van der Waals surface area contributed by atoms with Crippen LogP contribution in [0, 0.1) is 0 Å². The average Bonchev–Trinajstić information content (AvgIpc) is 4.06. The monoisotopic (exact) mass is 819 g/mol. The molecule has 7 heterocycles. The first-order valence-electron chi connectivity index (χ1n) is 21.1. The number of fused-ring (bicyclic) bond motifs is 6. The van der Waals surface area contributed by atoms with Crippen LogP contribution in [0.2, 0.25) is 0 Å². The molecule has 0 bridgehead atoms. The SMILES string of the molecule is C1CCOC1.CN1C(=O)Cn2c3c(c4cccc1c42)CN(C(=O)OCc1ccccc1)CC3.CN1CCn2c3c(c4cccc1c42)CN(C(=O)OCc1ccccc1)CC3.[B]. The number of ether oxygens (including phenoxy) is 3. The number of hydrogen-bond acceptors (Lipinski definition) is 7. The van der Waals surface area contributed by atoms with Crippen LogP contribution < -0.4 is 9.80 Å². The molecule has 1 fully saturated rings. The van der Waals surface area contributed by atoms with Crippen LogP contribution in [0.15, 0.2) is 97.1 Å². The Bertz CT molecular complexity index is 2530. The summed E-state index contributed by atoms with van der Waals surface area (Å²) in [5.41, 5.74) is 11.6. The summed E-state index contributed by atoms with van der Waals surface area (Å²) in [5, 5.41) is 2.39. The first-order chi connectivity index (χ1) is 29.4. The van der Waals surface area contributed by atoms with E-state index in [0.29, 0.717) is 39.3 Å². The molecule has 5 aliphatic heterocycles. The number of benzene rings is 4. The molecular formula is C48H52BN6O6. The summed E-state index contributed by atoms with van der Waals surface area (Å²) in [6, 6.07) is 32.1. The van der Waals surface area contributed by atoms with Crippen molar-refractivity contribution >= 4 is 59.7 Å². The van der Waals surface area contributed by atoms with Crippen molar-refractivity contribution in [2.45, 2.75) is 65.1 Å². The van der Waals surface area contributed by atoms with Crippen LogP contribution in [0.5, 0.6) is 0 Å². The fraction of sp³-hybridized carbons (Fsp3) is 0.354. The molecule has 6 aromatic rings. The Hall–Kier alpha value is -6.21. The van der Waals surface area contributed by atoms with Gasteiger partial charge in [0.15, 0.2) is 0 Å². The van der Waals surface area contributed by atoms with Crippen molar-refractivity contribution < 1.29 is 28.6 Å². The number of carbonyl (C=O) groups is 3. The van der Waals surface area contributed by atoms with Gasteiger partial charge in [-0.1, -0.05) is 84.9 Å². The maximum atomic E-state index is 12.6. The molecule has 11 rings (SSSR count). The van der Waals surface area contributed by atoms with Gasteiger partial charge in [0, 0.05) is 108 Å². The van der Waals surface area contributed by atoms with E-state index in [9.17, 15) is 14.4 Å². The molecule has 13 heteroatoms. The second-order valence-electron chi connectivity index (χ2n) is 16.1. The predicted octanol–water partition coefficient (Wildman–Crippen LogP) is 7.51. The van der Waals surface area contributed by atoms with Gasteiger partial charge in [0.25, 0.3) is 0 Å². The number of amides is 3. The van der Waals surface area contributed by atoms with E-state index >= 15 is 0 Å². The highest BCUT2D eigenvalue weighted by Gasteiger charge is 2.33. The third kappa shape index (κ3) is 8.31. The summed E-state index contributed by atoms with van der Waals surface area (Å²) in [6.45, 7) is 7.42. The summed E-state index contributed by atoms with van der Waals surface area (Å²) < 4.78 is 20.6. The lowest BCUT2D eigenvalue weighted by Crippen LogP contribution is -2.38. The Morgan fingerprint density at radius 1 is 0.590 bits per heavy atom. The molecule has 313 valence electrons. The van der Waals surface area contributed by atoms with Crippen molar-refractivity contribution in [2.24, 2.45) is 0 Å². The number of para-hydroxylation sites is 2. The third-order valence-corrected chi connectivity index (χ3v) is 12.4. The van der Waals surface area contributed by atoms with E-state index in [1.54, 1.807) is 9.80 Å². The molecule has 61 heavy (non-hydrogen) atoms. The number of nitrogens with zero attached hydrogens (tertiary/aromatic N) is 6. The molecule has 4 aromatic carbocycles. The summed E-state index contributed by atoms with van der Waals surface area (Å²) in [7, 11) is 3.97. The molecule has 3 radical (unpaired) electrons. The highest BCUT2D eigenvalue weighted by Crippen LogP contribution is 2.40. The van der Waals surface area contributed by atoms with Gasteiger partial charge in [-0.05, 0) is 36.1 Å². The molecule has 0 spiro atoms. The summed E-state index contributed by atoms with van der Waals surface area (Å²) >= 11 is 0. The molecular weight excluding hydrogens is 767 g/mol. The van der Waals surface area contributed by atoms with Gasteiger partial charge in [-0.25, -0.2) is 9.59 Å². The number of likely N-dealkylation sites (N-methyl/N-ethyl adjacent to an activating group) is 2. The van der Waals surface area contributed by atoms with Gasteiger partial charge in [0.05, 0.1) is 35.5 Å². The Kier molecular flexibility index (Phi) is 12.4. The molecule has 1 saturated heterocycles.